The Morgan fingerprint density at radius 1 is 1.33 bits per heavy atom. The molecule has 1 fully saturated rings. The van der Waals surface area contributed by atoms with Crippen LogP contribution in [0.1, 0.15) is 47.7 Å². The van der Waals surface area contributed by atoms with E-state index in [1.165, 1.54) is 12.1 Å². The molecule has 0 radical (unpaired) electrons. The van der Waals surface area contributed by atoms with Gasteiger partial charge in [-0.1, -0.05) is 19.1 Å². The number of alkyl halides is 3. The van der Waals surface area contributed by atoms with E-state index in [9.17, 15) is 18.0 Å². The summed E-state index contributed by atoms with van der Waals surface area (Å²) in [5.41, 5.74) is 0.465. The van der Waals surface area contributed by atoms with E-state index < -0.39 is 11.7 Å². The average molecular weight is 379 g/mol. The van der Waals surface area contributed by atoms with Crippen molar-refractivity contribution in [1.29, 1.82) is 0 Å². The quantitative estimate of drug-likeness (QED) is 0.698. The first-order valence-corrected chi connectivity index (χ1v) is 9.32. The SMILES string of the molecule is CCCn1cc(CN2CCCC(C(=O)c3cccc(C(F)(F)F)c3)C2)cn1. The molecule has 7 heteroatoms. The number of carbonyl (C=O) groups is 1. The number of rotatable bonds is 6. The number of carbonyl (C=O) groups excluding carboxylic acids is 1. The smallest absolute Gasteiger partial charge is 0.298 e. The first-order valence-electron chi connectivity index (χ1n) is 9.32. The van der Waals surface area contributed by atoms with Crippen LogP contribution in [0, 0.1) is 5.92 Å². The lowest BCUT2D eigenvalue weighted by Crippen LogP contribution is -2.38. The number of likely N-dealkylation sites (tertiary alicyclic amines) is 1. The third-order valence-electron chi connectivity index (χ3n) is 4.90. The molecule has 1 aliphatic heterocycles. The number of nitrogens with zero attached hydrogens (tertiary/aromatic N) is 3. The average Bonchev–Trinajstić information content (AvgIpc) is 3.08. The maximum atomic E-state index is 12.9. The van der Waals surface area contributed by atoms with Crippen molar-refractivity contribution in [3.8, 4) is 0 Å². The summed E-state index contributed by atoms with van der Waals surface area (Å²) in [5, 5.41) is 4.32. The molecule has 1 aromatic carbocycles. The Morgan fingerprint density at radius 2 is 2.15 bits per heavy atom. The normalized spacial score (nSPS) is 18.6. The zero-order chi connectivity index (χ0) is 19.4. The summed E-state index contributed by atoms with van der Waals surface area (Å²) in [5.74, 6) is -0.472. The minimum absolute atomic E-state index is 0.146. The van der Waals surface area contributed by atoms with Gasteiger partial charge in [0.05, 0.1) is 11.8 Å². The molecule has 1 atom stereocenters. The zero-order valence-corrected chi connectivity index (χ0v) is 15.4. The van der Waals surface area contributed by atoms with Gasteiger partial charge in [0, 0.05) is 42.9 Å². The molecule has 1 aromatic heterocycles. The molecule has 2 heterocycles. The fraction of sp³-hybridized carbons (Fsp3) is 0.500. The third-order valence-corrected chi connectivity index (χ3v) is 4.90. The predicted molar refractivity (Wildman–Crippen MR) is 96.3 cm³/mol. The molecule has 0 spiro atoms. The van der Waals surface area contributed by atoms with Crippen LogP contribution in [0.25, 0.3) is 0 Å². The summed E-state index contributed by atoms with van der Waals surface area (Å²) in [6, 6.07) is 4.75. The van der Waals surface area contributed by atoms with E-state index in [0.29, 0.717) is 19.5 Å². The van der Waals surface area contributed by atoms with Crippen molar-refractivity contribution in [2.24, 2.45) is 5.92 Å². The van der Waals surface area contributed by atoms with E-state index in [2.05, 4.69) is 16.9 Å². The van der Waals surface area contributed by atoms with E-state index >= 15 is 0 Å². The van der Waals surface area contributed by atoms with E-state index in [1.54, 1.807) is 0 Å². The Bertz CT molecular complexity index is 785. The van der Waals surface area contributed by atoms with Gasteiger partial charge in [-0.25, -0.2) is 0 Å². The molecule has 0 saturated carbocycles. The molecule has 146 valence electrons. The Hall–Kier alpha value is -2.15. The Morgan fingerprint density at radius 3 is 2.89 bits per heavy atom. The summed E-state index contributed by atoms with van der Waals surface area (Å²) in [7, 11) is 0. The van der Waals surface area contributed by atoms with E-state index in [-0.39, 0.29) is 17.3 Å². The van der Waals surface area contributed by atoms with Gasteiger partial charge >= 0.3 is 6.18 Å². The second kappa shape index (κ2) is 8.25. The number of aromatic nitrogens is 2. The van der Waals surface area contributed by atoms with Crippen LogP contribution < -0.4 is 0 Å². The van der Waals surface area contributed by atoms with Crippen LogP contribution >= 0.6 is 0 Å². The molecule has 1 unspecified atom stereocenters. The molecule has 4 nitrogen and oxygen atoms in total. The van der Waals surface area contributed by atoms with Crippen molar-refractivity contribution in [2.75, 3.05) is 13.1 Å². The van der Waals surface area contributed by atoms with Gasteiger partial charge < -0.3 is 0 Å². The highest BCUT2D eigenvalue weighted by atomic mass is 19.4. The van der Waals surface area contributed by atoms with Gasteiger partial charge in [0.25, 0.3) is 0 Å². The van der Waals surface area contributed by atoms with Crippen LogP contribution in [-0.4, -0.2) is 33.6 Å². The molecule has 2 aromatic rings. The highest BCUT2D eigenvalue weighted by Crippen LogP contribution is 2.31. The minimum Gasteiger partial charge on any atom is -0.298 e. The Kier molecular flexibility index (Phi) is 5.99. The lowest BCUT2D eigenvalue weighted by Gasteiger charge is -2.31. The van der Waals surface area contributed by atoms with Gasteiger partial charge in [-0.3, -0.25) is 14.4 Å². The number of piperidine rings is 1. The van der Waals surface area contributed by atoms with Gasteiger partial charge in [0.1, 0.15) is 0 Å². The van der Waals surface area contributed by atoms with Crippen LogP contribution in [0.2, 0.25) is 0 Å². The largest absolute Gasteiger partial charge is 0.416 e. The minimum atomic E-state index is -4.44. The summed E-state index contributed by atoms with van der Waals surface area (Å²) in [6.07, 6.45) is 2.00. The summed E-state index contributed by atoms with van der Waals surface area (Å²) < 4.78 is 40.6. The molecule has 0 bridgehead atoms. The van der Waals surface area contributed by atoms with E-state index in [1.807, 2.05) is 17.1 Å². The number of aryl methyl sites for hydroxylation is 1. The van der Waals surface area contributed by atoms with Crippen LogP contribution in [0.4, 0.5) is 13.2 Å². The Balaban J connectivity index is 1.65. The highest BCUT2D eigenvalue weighted by Gasteiger charge is 2.32. The number of hydrogen-bond donors (Lipinski definition) is 0. The van der Waals surface area contributed by atoms with Gasteiger partial charge in [-0.2, -0.15) is 18.3 Å². The number of hydrogen-bond acceptors (Lipinski definition) is 3. The highest BCUT2D eigenvalue weighted by molar-refractivity contribution is 5.98. The predicted octanol–water partition coefficient (Wildman–Crippen LogP) is 4.41. The molecule has 3 rings (SSSR count). The van der Waals surface area contributed by atoms with Crippen LogP contribution in [-0.2, 0) is 19.3 Å². The molecule has 0 N–H and O–H groups in total. The first kappa shape index (κ1) is 19.6. The van der Waals surface area contributed by atoms with Gasteiger partial charge in [0.2, 0.25) is 0 Å². The standard InChI is InChI=1S/C20H24F3N3O/c1-2-8-26-13-15(11-24-26)12-25-9-4-6-17(14-25)19(27)16-5-3-7-18(10-16)20(21,22)23/h3,5,7,10-11,13,17H,2,4,6,8-9,12,14H2,1H3. The lowest BCUT2D eigenvalue weighted by atomic mass is 9.89. The van der Waals surface area contributed by atoms with Gasteiger partial charge in [-0.05, 0) is 37.9 Å². The number of ketones is 1. The third kappa shape index (κ3) is 4.97. The second-order valence-electron chi connectivity index (χ2n) is 7.13. The number of benzene rings is 1. The maximum absolute atomic E-state index is 12.9. The lowest BCUT2D eigenvalue weighted by molar-refractivity contribution is -0.137. The topological polar surface area (TPSA) is 38.1 Å². The van der Waals surface area contributed by atoms with Crippen molar-refractivity contribution in [2.45, 2.75) is 45.5 Å². The zero-order valence-electron chi connectivity index (χ0n) is 15.4. The van der Waals surface area contributed by atoms with Crippen molar-refractivity contribution >= 4 is 5.78 Å². The molecular weight excluding hydrogens is 355 g/mol. The number of Topliss-reactive ketones (excluding diaryl/α,β-unsaturated/α-hetero) is 1. The molecular formula is C20H24F3N3O. The number of halogens is 3. The molecule has 1 aliphatic rings. The van der Waals surface area contributed by atoms with E-state index in [0.717, 1.165) is 43.6 Å². The molecule has 27 heavy (non-hydrogen) atoms. The fourth-order valence-corrected chi connectivity index (χ4v) is 3.60. The van der Waals surface area contributed by atoms with Gasteiger partial charge in [0.15, 0.2) is 5.78 Å². The Labute approximate surface area is 157 Å². The molecule has 0 aliphatic carbocycles. The van der Waals surface area contributed by atoms with Crippen LogP contribution in [0.3, 0.4) is 0 Å². The molecule has 0 amide bonds. The second-order valence-corrected chi connectivity index (χ2v) is 7.13. The summed E-state index contributed by atoms with van der Waals surface area (Å²) in [4.78, 5) is 14.9. The fourth-order valence-electron chi connectivity index (χ4n) is 3.60. The first-order chi connectivity index (χ1) is 12.9. The van der Waals surface area contributed by atoms with Crippen molar-refractivity contribution < 1.29 is 18.0 Å². The van der Waals surface area contributed by atoms with Crippen molar-refractivity contribution in [3.63, 3.8) is 0 Å². The monoisotopic (exact) mass is 379 g/mol. The molecule has 1 saturated heterocycles. The maximum Gasteiger partial charge on any atom is 0.416 e. The van der Waals surface area contributed by atoms with Crippen molar-refractivity contribution in [1.82, 2.24) is 14.7 Å². The van der Waals surface area contributed by atoms with Crippen molar-refractivity contribution in [3.05, 3.63) is 53.3 Å². The summed E-state index contributed by atoms with van der Waals surface area (Å²) >= 11 is 0. The van der Waals surface area contributed by atoms with Crippen LogP contribution in [0.15, 0.2) is 36.7 Å². The van der Waals surface area contributed by atoms with E-state index in [4.69, 9.17) is 0 Å². The van der Waals surface area contributed by atoms with Gasteiger partial charge in [-0.15, -0.1) is 0 Å². The summed E-state index contributed by atoms with van der Waals surface area (Å²) in [6.45, 7) is 5.11. The van der Waals surface area contributed by atoms with Crippen LogP contribution in [0.5, 0.6) is 0 Å².